The molecule has 0 spiro atoms. The lowest BCUT2D eigenvalue weighted by molar-refractivity contribution is 0.0694. The fourth-order valence-electron chi connectivity index (χ4n) is 2.72. The van der Waals surface area contributed by atoms with E-state index in [1.54, 1.807) is 13.0 Å². The van der Waals surface area contributed by atoms with Gasteiger partial charge in [-0.1, -0.05) is 19.9 Å². The second-order valence-corrected chi connectivity index (χ2v) is 5.43. The third kappa shape index (κ3) is 1.57. The van der Waals surface area contributed by atoms with Crippen molar-refractivity contribution >= 4 is 11.8 Å². The Bertz CT molecular complexity index is 539. The number of aryl methyl sites for hydroxylation is 2. The Kier molecular flexibility index (Phi) is 2.38. The standard InChI is InChI=1S/C14H16O3/c1-7-5-8(2)11(13(16)17)9-6-14(3,4)12(15)10(7)9/h5H,6H2,1-4H3,(H,16,17). The van der Waals surface area contributed by atoms with E-state index in [9.17, 15) is 14.7 Å². The summed E-state index contributed by atoms with van der Waals surface area (Å²) in [5, 5.41) is 9.27. The number of hydrogen-bond donors (Lipinski definition) is 1. The monoisotopic (exact) mass is 232 g/mol. The molecular formula is C14H16O3. The first-order valence-corrected chi connectivity index (χ1v) is 5.67. The zero-order chi connectivity index (χ0) is 13.0. The summed E-state index contributed by atoms with van der Waals surface area (Å²) in [6.45, 7) is 7.40. The van der Waals surface area contributed by atoms with Crippen LogP contribution in [-0.4, -0.2) is 16.9 Å². The van der Waals surface area contributed by atoms with Gasteiger partial charge in [0, 0.05) is 11.0 Å². The number of carbonyl (C=O) groups excluding carboxylic acids is 1. The van der Waals surface area contributed by atoms with Crippen LogP contribution in [0.25, 0.3) is 0 Å². The van der Waals surface area contributed by atoms with E-state index in [0.717, 1.165) is 11.1 Å². The minimum absolute atomic E-state index is 0.0625. The Morgan fingerprint density at radius 1 is 1.29 bits per heavy atom. The molecule has 3 heteroatoms. The molecule has 1 aromatic carbocycles. The van der Waals surface area contributed by atoms with Crippen LogP contribution in [0.2, 0.25) is 0 Å². The third-order valence-corrected chi connectivity index (χ3v) is 3.50. The molecule has 17 heavy (non-hydrogen) atoms. The van der Waals surface area contributed by atoms with Crippen LogP contribution in [0.1, 0.15) is 51.3 Å². The van der Waals surface area contributed by atoms with Gasteiger partial charge in [0.1, 0.15) is 0 Å². The summed E-state index contributed by atoms with van der Waals surface area (Å²) in [5.74, 6) is -0.878. The third-order valence-electron chi connectivity index (χ3n) is 3.50. The van der Waals surface area contributed by atoms with Crippen LogP contribution in [0, 0.1) is 19.3 Å². The highest BCUT2D eigenvalue weighted by Crippen LogP contribution is 2.40. The molecule has 1 aliphatic rings. The molecule has 0 unspecified atom stereocenters. The molecular weight excluding hydrogens is 216 g/mol. The highest BCUT2D eigenvalue weighted by molar-refractivity contribution is 6.08. The van der Waals surface area contributed by atoms with Crippen molar-refractivity contribution in [3.63, 3.8) is 0 Å². The molecule has 0 fully saturated rings. The number of carboxylic acids is 1. The molecule has 0 saturated carbocycles. The van der Waals surface area contributed by atoms with Crippen LogP contribution in [0.3, 0.4) is 0 Å². The van der Waals surface area contributed by atoms with E-state index >= 15 is 0 Å². The summed E-state index contributed by atoms with van der Waals surface area (Å²) in [6, 6.07) is 1.79. The first kappa shape index (κ1) is 11.8. The van der Waals surface area contributed by atoms with Crippen LogP contribution in [-0.2, 0) is 6.42 Å². The number of benzene rings is 1. The highest BCUT2D eigenvalue weighted by Gasteiger charge is 2.41. The topological polar surface area (TPSA) is 54.4 Å². The highest BCUT2D eigenvalue weighted by atomic mass is 16.4. The van der Waals surface area contributed by atoms with Crippen molar-refractivity contribution < 1.29 is 14.7 Å². The average molecular weight is 232 g/mol. The van der Waals surface area contributed by atoms with Gasteiger partial charge in [-0.25, -0.2) is 4.79 Å². The number of hydrogen-bond acceptors (Lipinski definition) is 2. The molecule has 0 radical (unpaired) electrons. The Balaban J connectivity index is 2.80. The Morgan fingerprint density at radius 2 is 1.88 bits per heavy atom. The molecule has 0 bridgehead atoms. The molecule has 0 atom stereocenters. The van der Waals surface area contributed by atoms with Gasteiger partial charge in [-0.05, 0) is 37.0 Å². The van der Waals surface area contributed by atoms with Crippen LogP contribution < -0.4 is 0 Å². The van der Waals surface area contributed by atoms with Crippen molar-refractivity contribution in [3.8, 4) is 0 Å². The summed E-state index contributed by atoms with van der Waals surface area (Å²) in [6.07, 6.45) is 0.519. The van der Waals surface area contributed by atoms with Crippen LogP contribution in [0.4, 0.5) is 0 Å². The van der Waals surface area contributed by atoms with Gasteiger partial charge in [-0.3, -0.25) is 4.79 Å². The number of carboxylic acid groups (broad SMARTS) is 1. The Labute approximate surface area is 100 Å². The predicted octanol–water partition coefficient (Wildman–Crippen LogP) is 2.77. The largest absolute Gasteiger partial charge is 0.478 e. The lowest BCUT2D eigenvalue weighted by atomic mass is 9.88. The first-order valence-electron chi connectivity index (χ1n) is 5.67. The Morgan fingerprint density at radius 3 is 2.41 bits per heavy atom. The lowest BCUT2D eigenvalue weighted by Crippen LogP contribution is -2.19. The van der Waals surface area contributed by atoms with Gasteiger partial charge in [-0.2, -0.15) is 0 Å². The van der Waals surface area contributed by atoms with E-state index in [1.807, 2.05) is 20.8 Å². The van der Waals surface area contributed by atoms with Gasteiger partial charge in [0.05, 0.1) is 5.56 Å². The molecule has 3 nitrogen and oxygen atoms in total. The van der Waals surface area contributed by atoms with Crippen LogP contribution >= 0.6 is 0 Å². The minimum atomic E-state index is -0.941. The maximum atomic E-state index is 12.2. The van der Waals surface area contributed by atoms with Crippen molar-refractivity contribution in [2.45, 2.75) is 34.1 Å². The smallest absolute Gasteiger partial charge is 0.336 e. The zero-order valence-electron chi connectivity index (χ0n) is 10.5. The molecule has 0 amide bonds. The average Bonchev–Trinajstić information content (AvgIpc) is 2.36. The number of ketones is 1. The first-order chi connectivity index (χ1) is 7.75. The number of Topliss-reactive ketones (excluding diaryl/α,β-unsaturated/α-hetero) is 1. The van der Waals surface area contributed by atoms with Crippen LogP contribution in [0.15, 0.2) is 6.07 Å². The number of aromatic carboxylic acids is 1. The molecule has 1 N–H and O–H groups in total. The van der Waals surface area contributed by atoms with Crippen LogP contribution in [0.5, 0.6) is 0 Å². The predicted molar refractivity (Wildman–Crippen MR) is 64.7 cm³/mol. The molecule has 0 saturated heterocycles. The van der Waals surface area contributed by atoms with Gasteiger partial charge >= 0.3 is 5.97 Å². The molecule has 90 valence electrons. The van der Waals surface area contributed by atoms with Crippen molar-refractivity contribution in [1.82, 2.24) is 0 Å². The number of fused-ring (bicyclic) bond motifs is 1. The Hall–Kier alpha value is -1.64. The van der Waals surface area contributed by atoms with Crippen molar-refractivity contribution in [3.05, 3.63) is 33.9 Å². The fourth-order valence-corrected chi connectivity index (χ4v) is 2.72. The molecule has 0 aliphatic heterocycles. The van der Waals surface area contributed by atoms with E-state index in [4.69, 9.17) is 0 Å². The van der Waals surface area contributed by atoms with E-state index < -0.39 is 11.4 Å². The summed E-state index contributed by atoms with van der Waals surface area (Å²) < 4.78 is 0. The second-order valence-electron chi connectivity index (χ2n) is 5.43. The summed E-state index contributed by atoms with van der Waals surface area (Å²) in [4.78, 5) is 23.5. The van der Waals surface area contributed by atoms with E-state index in [-0.39, 0.29) is 5.78 Å². The fraction of sp³-hybridized carbons (Fsp3) is 0.429. The summed E-state index contributed by atoms with van der Waals surface area (Å²) in [5.41, 5.74) is 2.79. The SMILES string of the molecule is Cc1cc(C)c2c(c1C(=O)O)CC(C)(C)C2=O. The second kappa shape index (κ2) is 3.42. The molecule has 1 aromatic rings. The number of carbonyl (C=O) groups is 2. The maximum Gasteiger partial charge on any atom is 0.336 e. The van der Waals surface area contributed by atoms with E-state index in [1.165, 1.54) is 0 Å². The van der Waals surface area contributed by atoms with Gasteiger partial charge in [0.15, 0.2) is 5.78 Å². The quantitative estimate of drug-likeness (QED) is 0.810. The van der Waals surface area contributed by atoms with Gasteiger partial charge in [-0.15, -0.1) is 0 Å². The zero-order valence-corrected chi connectivity index (χ0v) is 10.5. The molecule has 1 aliphatic carbocycles. The van der Waals surface area contributed by atoms with Gasteiger partial charge < -0.3 is 5.11 Å². The van der Waals surface area contributed by atoms with E-state index in [2.05, 4.69) is 0 Å². The maximum absolute atomic E-state index is 12.2. The van der Waals surface area contributed by atoms with Crippen molar-refractivity contribution in [2.24, 2.45) is 5.41 Å². The van der Waals surface area contributed by atoms with E-state index in [0.29, 0.717) is 23.1 Å². The summed E-state index contributed by atoms with van der Waals surface area (Å²) >= 11 is 0. The van der Waals surface area contributed by atoms with Gasteiger partial charge in [0.2, 0.25) is 0 Å². The normalized spacial score (nSPS) is 17.1. The summed E-state index contributed by atoms with van der Waals surface area (Å²) in [7, 11) is 0. The molecule has 0 aromatic heterocycles. The molecule has 2 rings (SSSR count). The van der Waals surface area contributed by atoms with Gasteiger partial charge in [0.25, 0.3) is 0 Å². The molecule has 0 heterocycles. The lowest BCUT2D eigenvalue weighted by Gasteiger charge is -2.13. The van der Waals surface area contributed by atoms with Crippen molar-refractivity contribution in [1.29, 1.82) is 0 Å². The number of rotatable bonds is 1. The van der Waals surface area contributed by atoms with Crippen molar-refractivity contribution in [2.75, 3.05) is 0 Å². The minimum Gasteiger partial charge on any atom is -0.478 e.